The van der Waals surface area contributed by atoms with Gasteiger partial charge in [0, 0.05) is 11.9 Å². The SMILES string of the molecule is c1cc(OC2CCNC2)c2occc2c1. The maximum absolute atomic E-state index is 5.89. The van der Waals surface area contributed by atoms with E-state index in [4.69, 9.17) is 9.15 Å². The van der Waals surface area contributed by atoms with E-state index in [1.54, 1.807) is 6.26 Å². The second-order valence-electron chi connectivity index (χ2n) is 3.83. The fraction of sp³-hybridized carbons (Fsp3) is 0.333. The van der Waals surface area contributed by atoms with Crippen molar-refractivity contribution >= 4 is 11.0 Å². The Morgan fingerprint density at radius 1 is 1.33 bits per heavy atom. The van der Waals surface area contributed by atoms with Gasteiger partial charge in [-0.3, -0.25) is 0 Å². The number of ether oxygens (including phenoxy) is 1. The summed E-state index contributed by atoms with van der Waals surface area (Å²) in [6.45, 7) is 1.97. The topological polar surface area (TPSA) is 34.4 Å². The molecule has 1 atom stereocenters. The molecule has 1 saturated heterocycles. The number of hydrogen-bond donors (Lipinski definition) is 1. The van der Waals surface area contributed by atoms with Crippen LogP contribution in [-0.4, -0.2) is 19.2 Å². The van der Waals surface area contributed by atoms with Gasteiger partial charge < -0.3 is 14.5 Å². The Hall–Kier alpha value is -1.48. The van der Waals surface area contributed by atoms with Crippen molar-refractivity contribution in [3.63, 3.8) is 0 Å². The molecular formula is C12H13NO2. The molecule has 1 aliphatic heterocycles. The maximum atomic E-state index is 5.89. The highest BCUT2D eigenvalue weighted by Gasteiger charge is 2.17. The molecule has 1 aromatic carbocycles. The van der Waals surface area contributed by atoms with Gasteiger partial charge in [0.2, 0.25) is 0 Å². The van der Waals surface area contributed by atoms with Gasteiger partial charge in [-0.15, -0.1) is 0 Å². The van der Waals surface area contributed by atoms with E-state index < -0.39 is 0 Å². The largest absolute Gasteiger partial charge is 0.485 e. The van der Waals surface area contributed by atoms with Gasteiger partial charge in [-0.25, -0.2) is 0 Å². The first-order valence-corrected chi connectivity index (χ1v) is 5.27. The van der Waals surface area contributed by atoms with Crippen molar-refractivity contribution < 1.29 is 9.15 Å². The minimum absolute atomic E-state index is 0.278. The molecule has 1 unspecified atom stereocenters. The van der Waals surface area contributed by atoms with Crippen LogP contribution in [0.1, 0.15) is 6.42 Å². The first kappa shape index (κ1) is 8.80. The number of hydrogen-bond acceptors (Lipinski definition) is 3. The summed E-state index contributed by atoms with van der Waals surface area (Å²) in [5, 5.41) is 4.37. The standard InChI is InChI=1S/C12H13NO2/c1-2-9-5-7-14-12(9)11(3-1)15-10-4-6-13-8-10/h1-3,5,7,10,13H,4,6,8H2. The van der Waals surface area contributed by atoms with Crippen molar-refractivity contribution in [1.29, 1.82) is 0 Å². The molecule has 3 rings (SSSR count). The zero-order valence-electron chi connectivity index (χ0n) is 8.40. The van der Waals surface area contributed by atoms with Gasteiger partial charge in [-0.2, -0.15) is 0 Å². The Bertz CT molecular complexity index is 457. The second kappa shape index (κ2) is 3.59. The summed E-state index contributed by atoms with van der Waals surface area (Å²) < 4.78 is 11.3. The minimum atomic E-state index is 0.278. The van der Waals surface area contributed by atoms with Crippen molar-refractivity contribution in [2.24, 2.45) is 0 Å². The predicted octanol–water partition coefficient (Wildman–Crippen LogP) is 2.17. The average molecular weight is 203 g/mol. The average Bonchev–Trinajstić information content (AvgIpc) is 2.87. The summed E-state index contributed by atoms with van der Waals surface area (Å²) in [6, 6.07) is 7.94. The number of para-hydroxylation sites is 1. The highest BCUT2D eigenvalue weighted by atomic mass is 16.5. The molecule has 78 valence electrons. The molecule has 1 fully saturated rings. The van der Waals surface area contributed by atoms with E-state index in [1.807, 2.05) is 24.3 Å². The van der Waals surface area contributed by atoms with E-state index in [0.29, 0.717) is 0 Å². The van der Waals surface area contributed by atoms with Gasteiger partial charge in [0.1, 0.15) is 6.10 Å². The van der Waals surface area contributed by atoms with Gasteiger partial charge in [0.05, 0.1) is 6.26 Å². The molecule has 0 spiro atoms. The number of nitrogens with one attached hydrogen (secondary N) is 1. The molecule has 1 aliphatic rings. The number of rotatable bonds is 2. The molecule has 0 amide bonds. The van der Waals surface area contributed by atoms with Crippen molar-refractivity contribution in [2.45, 2.75) is 12.5 Å². The first-order valence-electron chi connectivity index (χ1n) is 5.27. The normalized spacial score (nSPS) is 20.9. The van der Waals surface area contributed by atoms with E-state index in [1.165, 1.54) is 0 Å². The van der Waals surface area contributed by atoms with Gasteiger partial charge in [0.15, 0.2) is 11.3 Å². The molecule has 0 saturated carbocycles. The minimum Gasteiger partial charge on any atom is -0.485 e. The lowest BCUT2D eigenvalue weighted by Gasteiger charge is -2.12. The van der Waals surface area contributed by atoms with Crippen LogP contribution in [0.5, 0.6) is 5.75 Å². The second-order valence-corrected chi connectivity index (χ2v) is 3.83. The summed E-state index contributed by atoms with van der Waals surface area (Å²) in [4.78, 5) is 0. The van der Waals surface area contributed by atoms with Crippen LogP contribution in [0.25, 0.3) is 11.0 Å². The van der Waals surface area contributed by atoms with Crippen molar-refractivity contribution in [3.05, 3.63) is 30.5 Å². The molecule has 15 heavy (non-hydrogen) atoms. The third-order valence-electron chi connectivity index (χ3n) is 2.75. The lowest BCUT2D eigenvalue weighted by molar-refractivity contribution is 0.223. The summed E-state index contributed by atoms with van der Waals surface area (Å²) in [5.41, 5.74) is 0.851. The van der Waals surface area contributed by atoms with Crippen LogP contribution >= 0.6 is 0 Å². The highest BCUT2D eigenvalue weighted by molar-refractivity contribution is 5.82. The van der Waals surface area contributed by atoms with Crippen LogP contribution < -0.4 is 10.1 Å². The molecule has 3 heteroatoms. The predicted molar refractivity (Wildman–Crippen MR) is 58.1 cm³/mol. The Kier molecular flexibility index (Phi) is 2.10. The fourth-order valence-electron chi connectivity index (χ4n) is 1.97. The smallest absolute Gasteiger partial charge is 0.175 e. The van der Waals surface area contributed by atoms with Crippen molar-refractivity contribution in [3.8, 4) is 5.75 Å². The lowest BCUT2D eigenvalue weighted by atomic mass is 10.2. The van der Waals surface area contributed by atoms with E-state index >= 15 is 0 Å². The number of fused-ring (bicyclic) bond motifs is 1. The molecular weight excluding hydrogens is 190 g/mol. The Morgan fingerprint density at radius 3 is 3.20 bits per heavy atom. The van der Waals surface area contributed by atoms with E-state index in [-0.39, 0.29) is 6.10 Å². The van der Waals surface area contributed by atoms with Crippen LogP contribution in [0.2, 0.25) is 0 Å². The Morgan fingerprint density at radius 2 is 2.33 bits per heavy atom. The monoisotopic (exact) mass is 203 g/mol. The molecule has 2 heterocycles. The molecule has 0 radical (unpaired) electrons. The van der Waals surface area contributed by atoms with Crippen molar-refractivity contribution in [2.75, 3.05) is 13.1 Å². The summed E-state index contributed by atoms with van der Waals surface area (Å²) in [6.07, 6.45) is 3.04. The molecule has 0 bridgehead atoms. The number of benzene rings is 1. The quantitative estimate of drug-likeness (QED) is 0.812. The van der Waals surface area contributed by atoms with Crippen molar-refractivity contribution in [1.82, 2.24) is 5.32 Å². The molecule has 3 nitrogen and oxygen atoms in total. The van der Waals surface area contributed by atoms with Gasteiger partial charge >= 0.3 is 0 Å². The van der Waals surface area contributed by atoms with Crippen LogP contribution in [0.4, 0.5) is 0 Å². The van der Waals surface area contributed by atoms with Crippen LogP contribution in [-0.2, 0) is 0 Å². The zero-order chi connectivity index (χ0) is 10.1. The molecule has 0 aliphatic carbocycles. The summed E-state index contributed by atoms with van der Waals surface area (Å²) >= 11 is 0. The Labute approximate surface area is 88.0 Å². The summed E-state index contributed by atoms with van der Waals surface area (Å²) in [5.74, 6) is 0.853. The fourth-order valence-corrected chi connectivity index (χ4v) is 1.97. The van der Waals surface area contributed by atoms with Crippen LogP contribution in [0, 0.1) is 0 Å². The molecule has 1 N–H and O–H groups in total. The van der Waals surface area contributed by atoms with E-state index in [9.17, 15) is 0 Å². The van der Waals surface area contributed by atoms with Gasteiger partial charge in [-0.1, -0.05) is 12.1 Å². The summed E-state index contributed by atoms with van der Waals surface area (Å²) in [7, 11) is 0. The third-order valence-corrected chi connectivity index (χ3v) is 2.75. The lowest BCUT2D eigenvalue weighted by Crippen LogP contribution is -2.19. The van der Waals surface area contributed by atoms with Crippen LogP contribution in [0.3, 0.4) is 0 Å². The Balaban J connectivity index is 1.92. The molecule has 1 aromatic heterocycles. The van der Waals surface area contributed by atoms with Gasteiger partial charge in [-0.05, 0) is 25.1 Å². The number of furan rings is 1. The van der Waals surface area contributed by atoms with E-state index in [2.05, 4.69) is 5.32 Å². The molecule has 2 aromatic rings. The first-order chi connectivity index (χ1) is 7.43. The van der Waals surface area contributed by atoms with E-state index in [0.717, 1.165) is 36.2 Å². The zero-order valence-corrected chi connectivity index (χ0v) is 8.40. The highest BCUT2D eigenvalue weighted by Crippen LogP contribution is 2.27. The van der Waals surface area contributed by atoms with Gasteiger partial charge in [0.25, 0.3) is 0 Å². The van der Waals surface area contributed by atoms with Crippen LogP contribution in [0.15, 0.2) is 34.9 Å². The third kappa shape index (κ3) is 1.59. The maximum Gasteiger partial charge on any atom is 0.175 e.